The standard InChI is InChI=1S/C10H12FNO2S/c1-7-4-8(2)10(9(3)5-7)6-12-15(11,13)14/h4-6H,1-3H3/b12-6+. The van der Waals surface area contributed by atoms with Crippen LogP contribution in [-0.2, 0) is 10.4 Å². The summed E-state index contributed by atoms with van der Waals surface area (Å²) >= 11 is 0. The van der Waals surface area contributed by atoms with Crippen molar-refractivity contribution in [3.63, 3.8) is 0 Å². The normalized spacial score (nSPS) is 12.3. The molecule has 0 fully saturated rings. The molecule has 1 aromatic carbocycles. The maximum atomic E-state index is 12.2. The molecule has 0 unspecified atom stereocenters. The molecule has 1 rings (SSSR count). The van der Waals surface area contributed by atoms with Crippen LogP contribution in [0.2, 0.25) is 0 Å². The van der Waals surface area contributed by atoms with Crippen LogP contribution < -0.4 is 0 Å². The Morgan fingerprint density at radius 3 is 2.07 bits per heavy atom. The molecule has 5 heteroatoms. The molecule has 0 aliphatic heterocycles. The molecule has 0 saturated heterocycles. The van der Waals surface area contributed by atoms with Gasteiger partial charge in [-0.2, -0.15) is 8.42 Å². The van der Waals surface area contributed by atoms with E-state index in [2.05, 4.69) is 4.40 Å². The molecule has 0 N–H and O–H groups in total. The first-order valence-corrected chi connectivity index (χ1v) is 5.71. The smallest absolute Gasteiger partial charge is 0.170 e. The summed E-state index contributed by atoms with van der Waals surface area (Å²) in [4.78, 5) is 0. The lowest BCUT2D eigenvalue weighted by atomic mass is 10.0. The van der Waals surface area contributed by atoms with Crippen LogP contribution in [0.1, 0.15) is 22.3 Å². The zero-order valence-electron chi connectivity index (χ0n) is 8.78. The summed E-state index contributed by atoms with van der Waals surface area (Å²) in [6, 6.07) is 3.78. The van der Waals surface area contributed by atoms with E-state index in [9.17, 15) is 12.3 Å². The van der Waals surface area contributed by atoms with Crippen molar-refractivity contribution in [3.05, 3.63) is 34.4 Å². The zero-order chi connectivity index (χ0) is 11.6. The van der Waals surface area contributed by atoms with Gasteiger partial charge in [0, 0.05) is 0 Å². The van der Waals surface area contributed by atoms with Gasteiger partial charge in [0.25, 0.3) is 0 Å². The van der Waals surface area contributed by atoms with E-state index in [0.29, 0.717) is 5.56 Å². The predicted octanol–water partition coefficient (Wildman–Crippen LogP) is 2.25. The zero-order valence-corrected chi connectivity index (χ0v) is 9.60. The van der Waals surface area contributed by atoms with Crippen LogP contribution in [-0.4, -0.2) is 14.6 Å². The van der Waals surface area contributed by atoms with Crippen molar-refractivity contribution in [2.24, 2.45) is 4.40 Å². The van der Waals surface area contributed by atoms with E-state index in [4.69, 9.17) is 0 Å². The molecule has 0 aliphatic carbocycles. The largest absolute Gasteiger partial charge is 0.417 e. The number of hydrogen-bond acceptors (Lipinski definition) is 2. The van der Waals surface area contributed by atoms with Crippen LogP contribution >= 0.6 is 0 Å². The Morgan fingerprint density at radius 2 is 1.67 bits per heavy atom. The summed E-state index contributed by atoms with van der Waals surface area (Å²) in [6.07, 6.45) is 1.04. The van der Waals surface area contributed by atoms with E-state index < -0.39 is 10.4 Å². The van der Waals surface area contributed by atoms with E-state index in [1.54, 1.807) is 0 Å². The summed E-state index contributed by atoms with van der Waals surface area (Å²) in [5.74, 6) is 0. The summed E-state index contributed by atoms with van der Waals surface area (Å²) in [7, 11) is -4.80. The molecule has 0 radical (unpaired) electrons. The van der Waals surface area contributed by atoms with Gasteiger partial charge in [0.1, 0.15) is 0 Å². The molecule has 0 atom stereocenters. The third-order valence-electron chi connectivity index (χ3n) is 2.05. The number of hydrogen-bond donors (Lipinski definition) is 0. The van der Waals surface area contributed by atoms with Crippen LogP contribution in [0.3, 0.4) is 0 Å². The van der Waals surface area contributed by atoms with Crippen molar-refractivity contribution in [3.8, 4) is 0 Å². The topological polar surface area (TPSA) is 46.5 Å². The first-order valence-electron chi connectivity index (χ1n) is 4.37. The monoisotopic (exact) mass is 229 g/mol. The molecule has 0 heterocycles. The van der Waals surface area contributed by atoms with Crippen LogP contribution in [0.4, 0.5) is 3.89 Å². The highest BCUT2D eigenvalue weighted by Gasteiger charge is 2.04. The van der Waals surface area contributed by atoms with Gasteiger partial charge in [0.05, 0.1) is 6.21 Å². The van der Waals surface area contributed by atoms with E-state index in [1.165, 1.54) is 0 Å². The van der Waals surface area contributed by atoms with Gasteiger partial charge in [-0.1, -0.05) is 21.6 Å². The van der Waals surface area contributed by atoms with Crippen molar-refractivity contribution in [2.75, 3.05) is 0 Å². The van der Waals surface area contributed by atoms with Crippen molar-refractivity contribution < 1.29 is 12.3 Å². The van der Waals surface area contributed by atoms with Crippen LogP contribution in [0.5, 0.6) is 0 Å². The number of benzene rings is 1. The molecule has 1 aromatic rings. The van der Waals surface area contributed by atoms with Crippen LogP contribution in [0.25, 0.3) is 0 Å². The van der Waals surface area contributed by atoms with Gasteiger partial charge >= 0.3 is 10.4 Å². The number of halogens is 1. The van der Waals surface area contributed by atoms with Crippen molar-refractivity contribution in [2.45, 2.75) is 20.8 Å². The number of rotatable bonds is 2. The van der Waals surface area contributed by atoms with Gasteiger partial charge in [-0.05, 0) is 37.5 Å². The van der Waals surface area contributed by atoms with Crippen molar-refractivity contribution in [1.29, 1.82) is 0 Å². The number of aryl methyl sites for hydroxylation is 3. The second-order valence-electron chi connectivity index (χ2n) is 3.46. The Balaban J connectivity index is 3.22. The van der Waals surface area contributed by atoms with Crippen LogP contribution in [0.15, 0.2) is 16.5 Å². The average molecular weight is 229 g/mol. The first kappa shape index (κ1) is 11.8. The molecule has 15 heavy (non-hydrogen) atoms. The van der Waals surface area contributed by atoms with E-state index >= 15 is 0 Å². The van der Waals surface area contributed by atoms with Gasteiger partial charge in [-0.3, -0.25) is 0 Å². The molecule has 0 amide bonds. The lowest BCUT2D eigenvalue weighted by Gasteiger charge is -2.05. The molecule has 3 nitrogen and oxygen atoms in total. The third kappa shape index (κ3) is 3.43. The van der Waals surface area contributed by atoms with E-state index in [-0.39, 0.29) is 0 Å². The minimum absolute atomic E-state index is 0.641. The molecule has 0 aromatic heterocycles. The molecule has 82 valence electrons. The molecule has 0 bridgehead atoms. The third-order valence-corrected chi connectivity index (χ3v) is 2.40. The second-order valence-corrected chi connectivity index (χ2v) is 4.49. The predicted molar refractivity (Wildman–Crippen MR) is 58.3 cm³/mol. The van der Waals surface area contributed by atoms with E-state index in [1.807, 2.05) is 32.9 Å². The quantitative estimate of drug-likeness (QED) is 0.576. The van der Waals surface area contributed by atoms with Crippen molar-refractivity contribution in [1.82, 2.24) is 0 Å². The molecule has 0 saturated carbocycles. The number of nitrogens with zero attached hydrogens (tertiary/aromatic N) is 1. The van der Waals surface area contributed by atoms with Crippen molar-refractivity contribution >= 4 is 16.6 Å². The Labute approximate surface area is 89.0 Å². The Bertz CT molecular complexity index is 483. The fourth-order valence-electron chi connectivity index (χ4n) is 1.51. The summed E-state index contributed by atoms with van der Waals surface area (Å²) in [6.45, 7) is 5.59. The Kier molecular flexibility index (Phi) is 3.24. The lowest BCUT2D eigenvalue weighted by Crippen LogP contribution is -1.95. The fourth-order valence-corrected chi connectivity index (χ4v) is 1.74. The Hall–Kier alpha value is -1.23. The maximum Gasteiger partial charge on any atom is 0.417 e. The second kappa shape index (κ2) is 4.10. The highest BCUT2D eigenvalue weighted by atomic mass is 32.3. The first-order chi connectivity index (χ1) is 6.79. The van der Waals surface area contributed by atoms with Gasteiger partial charge in [0.15, 0.2) is 0 Å². The average Bonchev–Trinajstić information content (AvgIpc) is 1.99. The molecule has 0 aliphatic rings. The fraction of sp³-hybridized carbons (Fsp3) is 0.300. The Morgan fingerprint density at radius 1 is 1.20 bits per heavy atom. The SMILES string of the molecule is Cc1cc(C)c(/C=N/S(=O)(=O)F)c(C)c1. The highest BCUT2D eigenvalue weighted by molar-refractivity contribution is 7.85. The molecular formula is C10H12FNO2S. The van der Waals surface area contributed by atoms with Gasteiger partial charge in [-0.25, -0.2) is 0 Å². The summed E-state index contributed by atoms with van der Waals surface area (Å²) < 4.78 is 35.5. The minimum atomic E-state index is -4.80. The minimum Gasteiger partial charge on any atom is -0.170 e. The van der Waals surface area contributed by atoms with Gasteiger partial charge in [0.2, 0.25) is 0 Å². The summed E-state index contributed by atoms with van der Waals surface area (Å²) in [5.41, 5.74) is 3.46. The van der Waals surface area contributed by atoms with E-state index in [0.717, 1.165) is 22.9 Å². The van der Waals surface area contributed by atoms with Crippen LogP contribution in [0, 0.1) is 20.8 Å². The maximum absolute atomic E-state index is 12.2. The molecule has 0 spiro atoms. The molecular weight excluding hydrogens is 217 g/mol. The van der Waals surface area contributed by atoms with Gasteiger partial charge < -0.3 is 0 Å². The van der Waals surface area contributed by atoms with Gasteiger partial charge in [-0.15, -0.1) is 4.40 Å². The summed E-state index contributed by atoms with van der Waals surface area (Å²) in [5, 5.41) is 0. The highest BCUT2D eigenvalue weighted by Crippen LogP contribution is 2.14. The lowest BCUT2D eigenvalue weighted by molar-refractivity contribution is 0.554.